The summed E-state index contributed by atoms with van der Waals surface area (Å²) >= 11 is 0. The van der Waals surface area contributed by atoms with E-state index in [1.165, 1.54) is 12.1 Å². The van der Waals surface area contributed by atoms with Gasteiger partial charge in [0.1, 0.15) is 0 Å². The minimum Gasteiger partial charge on any atom is -0.478 e. The first-order valence-electron chi connectivity index (χ1n) is 3.04. The van der Waals surface area contributed by atoms with Crippen molar-refractivity contribution in [2.45, 2.75) is 0 Å². The molecule has 2 nitrogen and oxygen atoms in total. The minimum atomic E-state index is -0.937. The number of hydrogen-bond donors (Lipinski definition) is 1. The Morgan fingerprint density at radius 1 is 1.33 bits per heavy atom. The Hall–Kier alpha value is -0.750. The Balaban J connectivity index is 0.00000121. The molecule has 0 bridgehead atoms. The predicted octanol–water partition coefficient (Wildman–Crippen LogP) is 0.985. The van der Waals surface area contributed by atoms with Crippen molar-refractivity contribution in [3.63, 3.8) is 0 Å². The summed E-state index contributed by atoms with van der Waals surface area (Å²) in [6.07, 6.45) is 5.08. The first-order chi connectivity index (χ1) is 5.24. The van der Waals surface area contributed by atoms with Crippen molar-refractivity contribution in [3.05, 3.63) is 35.4 Å². The van der Waals surface area contributed by atoms with Crippen LogP contribution in [0.4, 0.5) is 0 Å². The number of rotatable bonds is 1. The molecule has 0 aromatic heterocycles. The molecule has 0 spiro atoms. The molecule has 0 aliphatic heterocycles. The van der Waals surface area contributed by atoms with E-state index in [2.05, 4.69) is 5.92 Å². The van der Waals surface area contributed by atoms with E-state index in [1.54, 1.807) is 12.1 Å². The van der Waals surface area contributed by atoms with Crippen LogP contribution < -0.4 is 0 Å². The number of carbonyl (C=O) groups is 1. The molecule has 12 heavy (non-hydrogen) atoms. The molecule has 0 fully saturated rings. The Kier molecular flexibility index (Phi) is 4.68. The zero-order valence-electron chi connectivity index (χ0n) is 6.74. The van der Waals surface area contributed by atoms with Crippen LogP contribution in [0.2, 0.25) is 0 Å². The maximum Gasteiger partial charge on any atom is 0.335 e. The predicted molar refractivity (Wildman–Crippen MR) is 47.1 cm³/mol. The van der Waals surface area contributed by atoms with Crippen LogP contribution in [0.5, 0.6) is 0 Å². The molecule has 3 heteroatoms. The van der Waals surface area contributed by atoms with Gasteiger partial charge in [-0.05, 0) is 24.3 Å². The van der Waals surface area contributed by atoms with Gasteiger partial charge in [0.2, 0.25) is 0 Å². The molecule has 0 heterocycles. The number of benzene rings is 1. The summed E-state index contributed by atoms with van der Waals surface area (Å²) in [5.74, 6) is 1.46. The fraction of sp³-hybridized carbons (Fsp3) is 0. The normalized spacial score (nSPS) is 7.92. The molecule has 0 aliphatic rings. The van der Waals surface area contributed by atoms with Crippen molar-refractivity contribution < 1.29 is 9.90 Å². The average molecular weight is 169 g/mol. The van der Waals surface area contributed by atoms with Gasteiger partial charge in [-0.25, -0.2) is 4.79 Å². The third kappa shape index (κ3) is 2.71. The van der Waals surface area contributed by atoms with Crippen molar-refractivity contribution in [1.82, 2.24) is 0 Å². The number of carboxylic acids is 1. The van der Waals surface area contributed by atoms with Gasteiger partial charge in [0.15, 0.2) is 0 Å². The molecule has 0 atom stereocenters. The summed E-state index contributed by atoms with van der Waals surface area (Å²) in [5, 5.41) is 8.50. The monoisotopic (exact) mass is 169 g/mol. The van der Waals surface area contributed by atoms with E-state index < -0.39 is 5.97 Å². The summed E-state index contributed by atoms with van der Waals surface area (Å²) in [5.41, 5.74) is 0.944. The van der Waals surface area contributed by atoms with Crippen molar-refractivity contribution in [3.8, 4) is 12.3 Å². The Bertz CT molecular complexity index is 308. The largest absolute Gasteiger partial charge is 0.478 e. The maximum absolute atomic E-state index is 10.3. The Labute approximate surface area is 92.9 Å². The van der Waals surface area contributed by atoms with E-state index in [0.717, 1.165) is 0 Å². The molecule has 1 aromatic rings. The van der Waals surface area contributed by atoms with Gasteiger partial charge in [-0.3, -0.25) is 0 Å². The quantitative estimate of drug-likeness (QED) is 0.502. The van der Waals surface area contributed by atoms with Crippen molar-refractivity contribution in [2.75, 3.05) is 0 Å². The second-order valence-corrected chi connectivity index (χ2v) is 2.03. The summed E-state index contributed by atoms with van der Waals surface area (Å²) < 4.78 is 0. The van der Waals surface area contributed by atoms with E-state index in [4.69, 9.17) is 11.5 Å². The topological polar surface area (TPSA) is 37.3 Å². The van der Waals surface area contributed by atoms with Crippen LogP contribution in [0.15, 0.2) is 24.3 Å². The van der Waals surface area contributed by atoms with Crippen LogP contribution in [0.3, 0.4) is 0 Å². The van der Waals surface area contributed by atoms with E-state index >= 15 is 0 Å². The SMILES string of the molecule is C#Cc1ccc(C(=O)O)cc1.[Na]. The molecule has 0 amide bonds. The number of carboxylic acid groups (broad SMARTS) is 1. The molecule has 1 aromatic carbocycles. The van der Waals surface area contributed by atoms with Crippen molar-refractivity contribution in [2.24, 2.45) is 0 Å². The number of aromatic carboxylic acids is 1. The molecule has 1 N–H and O–H groups in total. The van der Waals surface area contributed by atoms with Crippen LogP contribution in [-0.2, 0) is 0 Å². The third-order valence-electron chi connectivity index (χ3n) is 1.30. The Morgan fingerprint density at radius 3 is 2.17 bits per heavy atom. The molecule has 0 aliphatic carbocycles. The summed E-state index contributed by atoms with van der Waals surface area (Å²) in [6.45, 7) is 0. The van der Waals surface area contributed by atoms with Gasteiger partial charge < -0.3 is 5.11 Å². The van der Waals surface area contributed by atoms with Gasteiger partial charge in [0, 0.05) is 35.1 Å². The molecule has 55 valence electrons. The zero-order valence-corrected chi connectivity index (χ0v) is 8.74. The van der Waals surface area contributed by atoms with Crippen molar-refractivity contribution in [1.29, 1.82) is 0 Å². The second-order valence-electron chi connectivity index (χ2n) is 2.03. The summed E-state index contributed by atoms with van der Waals surface area (Å²) in [4.78, 5) is 10.3. The van der Waals surface area contributed by atoms with Crippen LogP contribution in [-0.4, -0.2) is 40.6 Å². The van der Waals surface area contributed by atoms with E-state index in [-0.39, 0.29) is 35.1 Å². The average Bonchev–Trinajstić information content (AvgIpc) is 2.05. The fourth-order valence-electron chi connectivity index (χ4n) is 0.709. The molecule has 0 saturated heterocycles. The minimum absolute atomic E-state index is 0. The van der Waals surface area contributed by atoms with Crippen molar-refractivity contribution >= 4 is 35.5 Å². The van der Waals surface area contributed by atoms with E-state index in [9.17, 15) is 4.79 Å². The molecular weight excluding hydrogens is 163 g/mol. The first-order valence-corrected chi connectivity index (χ1v) is 3.04. The standard InChI is InChI=1S/C9H6O2.Na/c1-2-7-3-5-8(6-4-7)9(10)11;/h1,3-6H,(H,10,11);. The smallest absolute Gasteiger partial charge is 0.335 e. The van der Waals surface area contributed by atoms with Crippen LogP contribution in [0, 0.1) is 12.3 Å². The van der Waals surface area contributed by atoms with Gasteiger partial charge in [-0.15, -0.1) is 6.42 Å². The molecule has 0 saturated carbocycles. The van der Waals surface area contributed by atoms with E-state index in [0.29, 0.717) is 5.56 Å². The van der Waals surface area contributed by atoms with E-state index in [1.807, 2.05) is 0 Å². The Morgan fingerprint density at radius 2 is 1.83 bits per heavy atom. The first kappa shape index (κ1) is 11.2. The molecule has 0 unspecified atom stereocenters. The maximum atomic E-state index is 10.3. The molecular formula is C9H6NaO2. The van der Waals surface area contributed by atoms with Gasteiger partial charge in [-0.2, -0.15) is 0 Å². The van der Waals surface area contributed by atoms with Gasteiger partial charge in [-0.1, -0.05) is 5.92 Å². The number of terminal acetylenes is 1. The number of hydrogen-bond acceptors (Lipinski definition) is 1. The third-order valence-corrected chi connectivity index (χ3v) is 1.30. The summed E-state index contributed by atoms with van der Waals surface area (Å²) in [6, 6.07) is 6.17. The van der Waals surface area contributed by atoms with Gasteiger partial charge in [0.25, 0.3) is 0 Å². The summed E-state index contributed by atoms with van der Waals surface area (Å²) in [7, 11) is 0. The van der Waals surface area contributed by atoms with Crippen LogP contribution in [0.25, 0.3) is 0 Å². The van der Waals surface area contributed by atoms with Gasteiger partial charge >= 0.3 is 5.97 Å². The molecule has 1 radical (unpaired) electrons. The molecule has 1 rings (SSSR count). The van der Waals surface area contributed by atoms with Crippen LogP contribution >= 0.6 is 0 Å². The zero-order chi connectivity index (χ0) is 8.27. The van der Waals surface area contributed by atoms with Crippen LogP contribution in [0.1, 0.15) is 15.9 Å². The fourth-order valence-corrected chi connectivity index (χ4v) is 0.709. The van der Waals surface area contributed by atoms with Gasteiger partial charge in [0.05, 0.1) is 5.56 Å². The second kappa shape index (κ2) is 5.00.